The molecule has 0 aliphatic carbocycles. The first-order valence-corrected chi connectivity index (χ1v) is 5.90. The van der Waals surface area contributed by atoms with E-state index in [1.54, 1.807) is 6.92 Å². The quantitative estimate of drug-likeness (QED) is 0.834. The summed E-state index contributed by atoms with van der Waals surface area (Å²) in [5.74, 6) is 0.0695. The Morgan fingerprint density at radius 1 is 1.60 bits per heavy atom. The Hall–Kier alpha value is -1.03. The van der Waals surface area contributed by atoms with Crippen molar-refractivity contribution >= 4 is 17.7 Å². The van der Waals surface area contributed by atoms with Gasteiger partial charge in [-0.3, -0.25) is 9.78 Å². The topological polar surface area (TPSA) is 50.2 Å². The van der Waals surface area contributed by atoms with Crippen LogP contribution in [0.5, 0.6) is 0 Å². The number of thioether (sulfide) groups is 1. The van der Waals surface area contributed by atoms with Gasteiger partial charge in [-0.25, -0.2) is 0 Å². The first-order valence-electron chi connectivity index (χ1n) is 4.85. The second-order valence-electron chi connectivity index (χ2n) is 3.41. The molecule has 1 aromatic heterocycles. The molecule has 1 rings (SSSR count). The van der Waals surface area contributed by atoms with Crippen LogP contribution in [0.4, 0.5) is 0 Å². The van der Waals surface area contributed by atoms with Crippen LogP contribution in [0, 0.1) is 6.92 Å². The number of pyridine rings is 1. The fourth-order valence-corrected chi connectivity index (χ4v) is 1.92. The summed E-state index contributed by atoms with van der Waals surface area (Å²) in [6, 6.07) is 4.01. The monoisotopic (exact) mass is 225 g/mol. The zero-order valence-electron chi connectivity index (χ0n) is 8.93. The van der Waals surface area contributed by atoms with E-state index in [9.17, 15) is 4.79 Å². The van der Waals surface area contributed by atoms with Gasteiger partial charge in [-0.1, -0.05) is 6.07 Å². The van der Waals surface area contributed by atoms with E-state index in [0.29, 0.717) is 0 Å². The van der Waals surface area contributed by atoms with Gasteiger partial charge in [0.1, 0.15) is 0 Å². The number of aromatic nitrogens is 1. The molecule has 0 aromatic carbocycles. The largest absolute Gasteiger partial charge is 0.480 e. The van der Waals surface area contributed by atoms with E-state index in [0.717, 1.165) is 23.4 Å². The van der Waals surface area contributed by atoms with Gasteiger partial charge in [0.05, 0.1) is 5.25 Å². The fraction of sp³-hybridized carbons (Fsp3) is 0.455. The van der Waals surface area contributed by atoms with E-state index in [2.05, 4.69) is 4.98 Å². The summed E-state index contributed by atoms with van der Waals surface area (Å²) in [4.78, 5) is 14.7. The van der Waals surface area contributed by atoms with Gasteiger partial charge in [-0.05, 0) is 37.7 Å². The molecule has 0 saturated carbocycles. The van der Waals surface area contributed by atoms with Gasteiger partial charge >= 0.3 is 5.97 Å². The molecule has 0 saturated heterocycles. The molecule has 15 heavy (non-hydrogen) atoms. The number of aliphatic carboxylic acids is 1. The Labute approximate surface area is 93.9 Å². The summed E-state index contributed by atoms with van der Waals surface area (Å²) in [6.07, 6.45) is 2.72. The molecule has 1 aromatic rings. The van der Waals surface area contributed by atoms with Crippen molar-refractivity contribution in [2.45, 2.75) is 25.5 Å². The molecule has 0 fully saturated rings. The lowest BCUT2D eigenvalue weighted by atomic mass is 10.2. The lowest BCUT2D eigenvalue weighted by Crippen LogP contribution is -2.12. The van der Waals surface area contributed by atoms with Crippen LogP contribution in [0.1, 0.15) is 18.2 Å². The van der Waals surface area contributed by atoms with Crippen LogP contribution in [0.2, 0.25) is 0 Å². The van der Waals surface area contributed by atoms with Gasteiger partial charge in [0, 0.05) is 11.9 Å². The molecular weight excluding hydrogens is 210 g/mol. The normalized spacial score (nSPS) is 12.4. The maximum Gasteiger partial charge on any atom is 0.316 e. The third-order valence-corrected chi connectivity index (χ3v) is 3.22. The van der Waals surface area contributed by atoms with Crippen molar-refractivity contribution in [2.75, 3.05) is 5.75 Å². The number of aryl methyl sites for hydroxylation is 2. The molecule has 0 radical (unpaired) electrons. The van der Waals surface area contributed by atoms with Crippen molar-refractivity contribution in [3.05, 3.63) is 29.6 Å². The van der Waals surface area contributed by atoms with Crippen LogP contribution in [0.25, 0.3) is 0 Å². The van der Waals surface area contributed by atoms with Gasteiger partial charge in [0.2, 0.25) is 0 Å². The molecule has 0 aliphatic rings. The van der Waals surface area contributed by atoms with Crippen LogP contribution in [-0.2, 0) is 11.2 Å². The highest BCUT2D eigenvalue weighted by Crippen LogP contribution is 2.12. The lowest BCUT2D eigenvalue weighted by molar-refractivity contribution is -0.136. The predicted molar refractivity (Wildman–Crippen MR) is 62.2 cm³/mol. The molecule has 0 amide bonds. The molecule has 82 valence electrons. The number of nitrogens with zero attached hydrogens (tertiary/aromatic N) is 1. The molecule has 0 bridgehead atoms. The summed E-state index contributed by atoms with van der Waals surface area (Å²) < 4.78 is 0. The summed E-state index contributed by atoms with van der Waals surface area (Å²) >= 11 is 1.46. The molecule has 1 unspecified atom stereocenters. The van der Waals surface area contributed by atoms with Gasteiger partial charge in [0.15, 0.2) is 0 Å². The molecule has 1 N–H and O–H groups in total. The smallest absolute Gasteiger partial charge is 0.316 e. The minimum absolute atomic E-state index is 0.330. The van der Waals surface area contributed by atoms with Crippen LogP contribution in [0.15, 0.2) is 18.3 Å². The maximum absolute atomic E-state index is 10.6. The number of carbonyl (C=O) groups is 1. The highest BCUT2D eigenvalue weighted by Gasteiger charge is 2.10. The molecule has 1 atom stereocenters. The number of hydrogen-bond donors (Lipinski definition) is 1. The van der Waals surface area contributed by atoms with E-state index in [-0.39, 0.29) is 5.25 Å². The summed E-state index contributed by atoms with van der Waals surface area (Å²) in [5.41, 5.74) is 2.16. The number of hydrogen-bond acceptors (Lipinski definition) is 3. The zero-order valence-corrected chi connectivity index (χ0v) is 9.75. The zero-order chi connectivity index (χ0) is 11.3. The van der Waals surface area contributed by atoms with E-state index in [4.69, 9.17) is 5.11 Å². The standard InChI is InChI=1S/C11H15NO2S/c1-8-3-4-10(7-12-8)5-6-15-9(2)11(13)14/h3-4,7,9H,5-6H2,1-2H3,(H,13,14). The van der Waals surface area contributed by atoms with Crippen LogP contribution >= 0.6 is 11.8 Å². The molecule has 1 heterocycles. The van der Waals surface area contributed by atoms with Gasteiger partial charge in [-0.2, -0.15) is 0 Å². The minimum Gasteiger partial charge on any atom is -0.480 e. The number of rotatable bonds is 5. The SMILES string of the molecule is Cc1ccc(CCSC(C)C(=O)O)cn1. The predicted octanol–water partition coefficient (Wildman–Crippen LogP) is 2.14. The third kappa shape index (κ3) is 4.34. The van der Waals surface area contributed by atoms with Crippen LogP contribution in [-0.4, -0.2) is 27.1 Å². The van der Waals surface area contributed by atoms with Crippen molar-refractivity contribution < 1.29 is 9.90 Å². The Balaban J connectivity index is 2.32. The Kier molecular flexibility index (Phi) is 4.62. The van der Waals surface area contributed by atoms with Crippen molar-refractivity contribution in [1.82, 2.24) is 4.98 Å². The molecule has 3 nitrogen and oxygen atoms in total. The van der Waals surface area contributed by atoms with Crippen molar-refractivity contribution in [2.24, 2.45) is 0 Å². The first kappa shape index (κ1) is 12.0. The maximum atomic E-state index is 10.6. The molecular formula is C11H15NO2S. The van der Waals surface area contributed by atoms with Gasteiger partial charge < -0.3 is 5.11 Å². The van der Waals surface area contributed by atoms with Crippen LogP contribution < -0.4 is 0 Å². The fourth-order valence-electron chi connectivity index (χ4n) is 1.07. The van der Waals surface area contributed by atoms with E-state index < -0.39 is 5.97 Å². The summed E-state index contributed by atoms with van der Waals surface area (Å²) in [5, 5.41) is 8.35. The first-order chi connectivity index (χ1) is 7.09. The Morgan fingerprint density at radius 3 is 2.87 bits per heavy atom. The third-order valence-electron chi connectivity index (χ3n) is 2.08. The lowest BCUT2D eigenvalue weighted by Gasteiger charge is -2.05. The van der Waals surface area contributed by atoms with E-state index >= 15 is 0 Å². The van der Waals surface area contributed by atoms with Crippen molar-refractivity contribution in [3.63, 3.8) is 0 Å². The van der Waals surface area contributed by atoms with Crippen molar-refractivity contribution in [1.29, 1.82) is 0 Å². The molecule has 4 heteroatoms. The Morgan fingerprint density at radius 2 is 2.33 bits per heavy atom. The van der Waals surface area contributed by atoms with Crippen molar-refractivity contribution in [3.8, 4) is 0 Å². The highest BCUT2D eigenvalue weighted by atomic mass is 32.2. The second kappa shape index (κ2) is 5.75. The second-order valence-corrected chi connectivity index (χ2v) is 4.86. The highest BCUT2D eigenvalue weighted by molar-refractivity contribution is 8.00. The average Bonchev–Trinajstić information content (AvgIpc) is 2.20. The number of carboxylic acids is 1. The number of carboxylic acid groups (broad SMARTS) is 1. The van der Waals surface area contributed by atoms with E-state index in [1.165, 1.54) is 11.8 Å². The van der Waals surface area contributed by atoms with Gasteiger partial charge in [-0.15, -0.1) is 11.8 Å². The summed E-state index contributed by atoms with van der Waals surface area (Å²) in [6.45, 7) is 3.66. The minimum atomic E-state index is -0.748. The van der Waals surface area contributed by atoms with Gasteiger partial charge in [0.25, 0.3) is 0 Å². The Bertz CT molecular complexity index is 324. The summed E-state index contributed by atoms with van der Waals surface area (Å²) in [7, 11) is 0. The molecule has 0 aliphatic heterocycles. The average molecular weight is 225 g/mol. The van der Waals surface area contributed by atoms with E-state index in [1.807, 2.05) is 25.3 Å². The van der Waals surface area contributed by atoms with Crippen LogP contribution in [0.3, 0.4) is 0 Å². The molecule has 0 spiro atoms.